The largest absolute Gasteiger partial charge is 0.271 e. The first kappa shape index (κ1) is 15.4. The second-order valence-electron chi connectivity index (χ2n) is 4.65. The van der Waals surface area contributed by atoms with Crippen LogP contribution in [-0.2, 0) is 12.8 Å². The number of hydrogen-bond donors (Lipinski definition) is 2. The molecule has 3 N–H and O–H groups in total. The molecule has 0 aliphatic heterocycles. The van der Waals surface area contributed by atoms with E-state index >= 15 is 0 Å². The highest BCUT2D eigenvalue weighted by Gasteiger charge is 2.10. The second kappa shape index (κ2) is 7.18. The number of halogens is 3. The van der Waals surface area contributed by atoms with Gasteiger partial charge in [-0.05, 0) is 48.2 Å². The molecule has 0 spiro atoms. The van der Waals surface area contributed by atoms with Gasteiger partial charge in [0.1, 0.15) is 5.82 Å². The summed E-state index contributed by atoms with van der Waals surface area (Å²) in [5.41, 5.74) is 4.94. The SMILES string of the molecule is NNC(Cc1ccc(Br)cc1)Cc1ccc(F)c(Cl)c1. The van der Waals surface area contributed by atoms with Crippen LogP contribution in [0.15, 0.2) is 46.9 Å². The molecular formula is C15H15BrClFN2. The summed E-state index contributed by atoms with van der Waals surface area (Å²) < 4.78 is 14.2. The average Bonchev–Trinajstić information content (AvgIpc) is 2.44. The summed E-state index contributed by atoms with van der Waals surface area (Å²) in [5, 5.41) is 0.141. The van der Waals surface area contributed by atoms with E-state index < -0.39 is 5.82 Å². The molecule has 106 valence electrons. The van der Waals surface area contributed by atoms with E-state index in [0.717, 1.165) is 16.5 Å². The Morgan fingerprint density at radius 2 is 1.70 bits per heavy atom. The Hall–Kier alpha value is -0.940. The van der Waals surface area contributed by atoms with E-state index in [1.165, 1.54) is 11.6 Å². The third kappa shape index (κ3) is 4.28. The highest BCUT2D eigenvalue weighted by Crippen LogP contribution is 2.18. The van der Waals surface area contributed by atoms with Crippen LogP contribution in [0.3, 0.4) is 0 Å². The molecule has 2 nitrogen and oxygen atoms in total. The number of hydrazine groups is 1. The molecule has 0 radical (unpaired) electrons. The lowest BCUT2D eigenvalue weighted by molar-refractivity contribution is 0.522. The molecule has 0 heterocycles. The van der Waals surface area contributed by atoms with Gasteiger partial charge in [0.05, 0.1) is 5.02 Å². The van der Waals surface area contributed by atoms with Crippen LogP contribution in [0.1, 0.15) is 11.1 Å². The summed E-state index contributed by atoms with van der Waals surface area (Å²) in [7, 11) is 0. The van der Waals surface area contributed by atoms with Gasteiger partial charge in [-0.2, -0.15) is 0 Å². The quantitative estimate of drug-likeness (QED) is 0.630. The van der Waals surface area contributed by atoms with Gasteiger partial charge in [-0.15, -0.1) is 0 Å². The number of rotatable bonds is 5. The molecule has 0 fully saturated rings. The van der Waals surface area contributed by atoms with Gasteiger partial charge in [-0.25, -0.2) is 4.39 Å². The maximum atomic E-state index is 13.1. The molecule has 0 aliphatic carbocycles. The predicted octanol–water partition coefficient (Wildman–Crippen LogP) is 3.86. The molecule has 1 atom stereocenters. The van der Waals surface area contributed by atoms with Crippen LogP contribution in [0, 0.1) is 5.82 Å². The fourth-order valence-corrected chi connectivity index (χ4v) is 2.51. The molecule has 0 aliphatic rings. The molecule has 2 aromatic carbocycles. The molecular weight excluding hydrogens is 343 g/mol. The standard InChI is InChI=1S/C15H15BrClFN2/c16-12-4-1-10(2-5-12)7-13(20-19)8-11-3-6-15(18)14(17)9-11/h1-6,9,13,20H,7-8,19H2. The summed E-state index contributed by atoms with van der Waals surface area (Å²) in [6, 6.07) is 12.9. The van der Waals surface area contributed by atoms with Crippen molar-refractivity contribution in [2.45, 2.75) is 18.9 Å². The van der Waals surface area contributed by atoms with Crippen molar-refractivity contribution in [1.29, 1.82) is 0 Å². The van der Waals surface area contributed by atoms with E-state index in [1.807, 2.05) is 24.3 Å². The van der Waals surface area contributed by atoms with Gasteiger partial charge in [-0.3, -0.25) is 11.3 Å². The maximum absolute atomic E-state index is 13.1. The van der Waals surface area contributed by atoms with Gasteiger partial charge in [0.2, 0.25) is 0 Å². The molecule has 0 aromatic heterocycles. The predicted molar refractivity (Wildman–Crippen MR) is 84.1 cm³/mol. The van der Waals surface area contributed by atoms with Crippen molar-refractivity contribution in [1.82, 2.24) is 5.43 Å². The summed E-state index contributed by atoms with van der Waals surface area (Å²) >= 11 is 9.19. The number of nitrogens with two attached hydrogens (primary N) is 1. The minimum Gasteiger partial charge on any atom is -0.271 e. The fourth-order valence-electron chi connectivity index (χ4n) is 2.05. The first-order valence-corrected chi connectivity index (χ1v) is 7.40. The normalized spacial score (nSPS) is 12.4. The van der Waals surface area contributed by atoms with Crippen molar-refractivity contribution >= 4 is 27.5 Å². The molecule has 0 saturated carbocycles. The van der Waals surface area contributed by atoms with Crippen LogP contribution in [0.4, 0.5) is 4.39 Å². The van der Waals surface area contributed by atoms with E-state index in [4.69, 9.17) is 17.4 Å². The summed E-state index contributed by atoms with van der Waals surface area (Å²) in [5.74, 6) is 5.20. The fraction of sp³-hybridized carbons (Fsp3) is 0.200. The Labute approximate surface area is 131 Å². The Kier molecular flexibility index (Phi) is 5.54. The molecule has 0 saturated heterocycles. The van der Waals surface area contributed by atoms with E-state index in [2.05, 4.69) is 21.4 Å². The highest BCUT2D eigenvalue weighted by atomic mass is 79.9. The summed E-state index contributed by atoms with van der Waals surface area (Å²) in [4.78, 5) is 0. The van der Waals surface area contributed by atoms with Crippen LogP contribution in [0.2, 0.25) is 5.02 Å². The van der Waals surface area contributed by atoms with Gasteiger partial charge in [0.25, 0.3) is 0 Å². The minimum absolute atomic E-state index is 0.0673. The van der Waals surface area contributed by atoms with E-state index in [9.17, 15) is 4.39 Å². The molecule has 2 rings (SSSR count). The van der Waals surface area contributed by atoms with Crippen molar-refractivity contribution in [3.05, 3.63) is 68.9 Å². The average molecular weight is 358 g/mol. The van der Waals surface area contributed by atoms with E-state index in [0.29, 0.717) is 6.42 Å². The van der Waals surface area contributed by atoms with Gasteiger partial charge in [0.15, 0.2) is 0 Å². The second-order valence-corrected chi connectivity index (χ2v) is 5.97. The number of nitrogens with one attached hydrogen (secondary N) is 1. The lowest BCUT2D eigenvalue weighted by Gasteiger charge is -2.16. The van der Waals surface area contributed by atoms with Crippen LogP contribution >= 0.6 is 27.5 Å². The summed E-state index contributed by atoms with van der Waals surface area (Å²) in [6.45, 7) is 0. The minimum atomic E-state index is -0.402. The van der Waals surface area contributed by atoms with Crippen molar-refractivity contribution in [2.24, 2.45) is 5.84 Å². The Balaban J connectivity index is 2.04. The zero-order valence-corrected chi connectivity index (χ0v) is 13.1. The molecule has 2 aromatic rings. The molecule has 0 amide bonds. The van der Waals surface area contributed by atoms with E-state index in [-0.39, 0.29) is 11.1 Å². The zero-order chi connectivity index (χ0) is 14.5. The Morgan fingerprint density at radius 3 is 2.30 bits per heavy atom. The Bertz CT molecular complexity index is 575. The van der Waals surface area contributed by atoms with Crippen LogP contribution in [0.25, 0.3) is 0 Å². The smallest absolute Gasteiger partial charge is 0.141 e. The van der Waals surface area contributed by atoms with Gasteiger partial charge in [-0.1, -0.05) is 45.7 Å². The van der Waals surface area contributed by atoms with Crippen LogP contribution < -0.4 is 11.3 Å². The van der Waals surface area contributed by atoms with Crippen LogP contribution in [0.5, 0.6) is 0 Å². The number of hydrogen-bond acceptors (Lipinski definition) is 2. The van der Waals surface area contributed by atoms with Gasteiger partial charge < -0.3 is 0 Å². The first-order valence-electron chi connectivity index (χ1n) is 6.23. The lowest BCUT2D eigenvalue weighted by Crippen LogP contribution is -2.38. The van der Waals surface area contributed by atoms with Crippen molar-refractivity contribution in [2.75, 3.05) is 0 Å². The van der Waals surface area contributed by atoms with Crippen LogP contribution in [-0.4, -0.2) is 6.04 Å². The van der Waals surface area contributed by atoms with Gasteiger partial charge >= 0.3 is 0 Å². The third-order valence-corrected chi connectivity index (χ3v) is 3.92. The molecule has 0 bridgehead atoms. The number of benzene rings is 2. The molecule has 5 heteroatoms. The maximum Gasteiger partial charge on any atom is 0.141 e. The molecule has 1 unspecified atom stereocenters. The Morgan fingerprint density at radius 1 is 1.10 bits per heavy atom. The monoisotopic (exact) mass is 356 g/mol. The van der Waals surface area contributed by atoms with Crippen molar-refractivity contribution < 1.29 is 4.39 Å². The highest BCUT2D eigenvalue weighted by molar-refractivity contribution is 9.10. The van der Waals surface area contributed by atoms with Crippen molar-refractivity contribution in [3.8, 4) is 0 Å². The zero-order valence-electron chi connectivity index (χ0n) is 10.7. The van der Waals surface area contributed by atoms with Gasteiger partial charge in [0, 0.05) is 10.5 Å². The van der Waals surface area contributed by atoms with E-state index in [1.54, 1.807) is 12.1 Å². The third-order valence-electron chi connectivity index (χ3n) is 3.10. The van der Waals surface area contributed by atoms with Crippen molar-refractivity contribution in [3.63, 3.8) is 0 Å². The topological polar surface area (TPSA) is 38.0 Å². The molecule has 20 heavy (non-hydrogen) atoms. The summed E-state index contributed by atoms with van der Waals surface area (Å²) in [6.07, 6.45) is 1.48. The first-order chi connectivity index (χ1) is 9.58. The lowest BCUT2D eigenvalue weighted by atomic mass is 9.99.